The highest BCUT2D eigenvalue weighted by Gasteiger charge is 2.08. The van der Waals surface area contributed by atoms with E-state index in [9.17, 15) is 9.18 Å². The molecule has 0 aromatic heterocycles. The molecular formula is C15H11FO2. The standard InChI is InChI=1S/C15H11FO2/c16-13-8-4-7-12(9-10-14(17)18)15(13)11-5-2-1-3-6-11/h1-10H,(H,17,18). The highest BCUT2D eigenvalue weighted by Crippen LogP contribution is 2.27. The Hall–Kier alpha value is -2.42. The van der Waals surface area contributed by atoms with Crippen molar-refractivity contribution < 1.29 is 14.3 Å². The molecule has 0 fully saturated rings. The molecule has 0 unspecified atom stereocenters. The van der Waals surface area contributed by atoms with Gasteiger partial charge in [-0.25, -0.2) is 9.18 Å². The number of hydrogen-bond donors (Lipinski definition) is 1. The SMILES string of the molecule is O=C(O)C=Cc1cccc(F)c1-c1ccccc1. The summed E-state index contributed by atoms with van der Waals surface area (Å²) in [6, 6.07) is 13.7. The Balaban J connectivity index is 2.55. The van der Waals surface area contributed by atoms with E-state index < -0.39 is 5.97 Å². The van der Waals surface area contributed by atoms with E-state index in [4.69, 9.17) is 5.11 Å². The average molecular weight is 242 g/mol. The van der Waals surface area contributed by atoms with Crippen LogP contribution in [0.5, 0.6) is 0 Å². The number of benzene rings is 2. The number of hydrogen-bond acceptors (Lipinski definition) is 1. The fourth-order valence-electron chi connectivity index (χ4n) is 1.75. The summed E-state index contributed by atoms with van der Waals surface area (Å²) >= 11 is 0. The minimum absolute atomic E-state index is 0.367. The van der Waals surface area contributed by atoms with Crippen molar-refractivity contribution in [2.75, 3.05) is 0 Å². The first-order valence-corrected chi connectivity index (χ1v) is 5.43. The molecule has 3 heteroatoms. The first-order valence-electron chi connectivity index (χ1n) is 5.43. The van der Waals surface area contributed by atoms with E-state index in [0.29, 0.717) is 11.1 Å². The monoisotopic (exact) mass is 242 g/mol. The fraction of sp³-hybridized carbons (Fsp3) is 0. The van der Waals surface area contributed by atoms with Crippen LogP contribution in [0.25, 0.3) is 17.2 Å². The second-order valence-corrected chi connectivity index (χ2v) is 3.74. The normalized spacial score (nSPS) is 10.7. The molecule has 18 heavy (non-hydrogen) atoms. The van der Waals surface area contributed by atoms with Crippen LogP contribution in [0.2, 0.25) is 0 Å². The molecule has 2 nitrogen and oxygen atoms in total. The molecule has 0 spiro atoms. The van der Waals surface area contributed by atoms with Gasteiger partial charge in [0.2, 0.25) is 0 Å². The van der Waals surface area contributed by atoms with Crippen molar-refractivity contribution in [1.82, 2.24) is 0 Å². The Bertz CT molecular complexity index is 589. The van der Waals surface area contributed by atoms with Crippen LogP contribution in [0.3, 0.4) is 0 Å². The lowest BCUT2D eigenvalue weighted by molar-refractivity contribution is -0.131. The zero-order chi connectivity index (χ0) is 13.0. The Morgan fingerprint density at radius 3 is 2.44 bits per heavy atom. The van der Waals surface area contributed by atoms with Gasteiger partial charge in [0.25, 0.3) is 0 Å². The summed E-state index contributed by atoms with van der Waals surface area (Å²) in [7, 11) is 0. The minimum atomic E-state index is -1.06. The molecular weight excluding hydrogens is 231 g/mol. The molecule has 0 atom stereocenters. The van der Waals surface area contributed by atoms with Gasteiger partial charge in [-0.1, -0.05) is 42.5 Å². The van der Waals surface area contributed by atoms with Crippen LogP contribution in [-0.2, 0) is 4.79 Å². The molecule has 0 aliphatic carbocycles. The molecule has 2 rings (SSSR count). The third-order valence-electron chi connectivity index (χ3n) is 2.51. The van der Waals surface area contributed by atoms with E-state index in [-0.39, 0.29) is 5.82 Å². The van der Waals surface area contributed by atoms with E-state index in [1.165, 1.54) is 12.1 Å². The zero-order valence-electron chi connectivity index (χ0n) is 9.51. The smallest absolute Gasteiger partial charge is 0.328 e. The summed E-state index contributed by atoms with van der Waals surface area (Å²) in [5.74, 6) is -1.42. The summed E-state index contributed by atoms with van der Waals surface area (Å²) in [6.07, 6.45) is 2.40. The zero-order valence-corrected chi connectivity index (χ0v) is 9.51. The van der Waals surface area contributed by atoms with Crippen LogP contribution in [0, 0.1) is 5.82 Å². The molecule has 0 saturated carbocycles. The van der Waals surface area contributed by atoms with E-state index in [1.54, 1.807) is 24.3 Å². The molecule has 0 aliphatic heterocycles. The van der Waals surface area contributed by atoms with Crippen LogP contribution in [0.4, 0.5) is 4.39 Å². The molecule has 0 aliphatic rings. The quantitative estimate of drug-likeness (QED) is 0.835. The highest BCUT2D eigenvalue weighted by atomic mass is 19.1. The third-order valence-corrected chi connectivity index (χ3v) is 2.51. The van der Waals surface area contributed by atoms with Gasteiger partial charge in [-0.2, -0.15) is 0 Å². The van der Waals surface area contributed by atoms with Gasteiger partial charge in [0.1, 0.15) is 5.82 Å². The molecule has 0 saturated heterocycles. The number of carbonyl (C=O) groups is 1. The first-order chi connectivity index (χ1) is 8.68. The van der Waals surface area contributed by atoms with Crippen molar-refractivity contribution in [3.8, 4) is 11.1 Å². The van der Waals surface area contributed by atoms with Gasteiger partial charge in [0, 0.05) is 11.6 Å². The van der Waals surface area contributed by atoms with Crippen LogP contribution in [0.15, 0.2) is 54.6 Å². The Labute approximate surface area is 104 Å². The first kappa shape index (κ1) is 12.0. The predicted molar refractivity (Wildman–Crippen MR) is 68.5 cm³/mol. The Morgan fingerprint density at radius 1 is 1.06 bits per heavy atom. The Kier molecular flexibility index (Phi) is 3.53. The van der Waals surface area contributed by atoms with Crippen LogP contribution < -0.4 is 0 Å². The molecule has 0 amide bonds. The van der Waals surface area contributed by atoms with Crippen molar-refractivity contribution in [3.63, 3.8) is 0 Å². The van der Waals surface area contributed by atoms with Crippen LogP contribution >= 0.6 is 0 Å². The third kappa shape index (κ3) is 2.63. The van der Waals surface area contributed by atoms with Gasteiger partial charge in [-0.3, -0.25) is 0 Å². The molecule has 0 bridgehead atoms. The second kappa shape index (κ2) is 5.27. The van der Waals surface area contributed by atoms with Crippen molar-refractivity contribution in [2.45, 2.75) is 0 Å². The van der Waals surface area contributed by atoms with Gasteiger partial charge in [-0.05, 0) is 23.3 Å². The van der Waals surface area contributed by atoms with E-state index in [0.717, 1.165) is 11.6 Å². The lowest BCUT2D eigenvalue weighted by Crippen LogP contribution is -1.90. The number of rotatable bonds is 3. The van der Waals surface area contributed by atoms with Crippen LogP contribution in [0.1, 0.15) is 5.56 Å². The number of halogens is 1. The van der Waals surface area contributed by atoms with Gasteiger partial charge < -0.3 is 5.11 Å². The van der Waals surface area contributed by atoms with Gasteiger partial charge >= 0.3 is 5.97 Å². The average Bonchev–Trinajstić information content (AvgIpc) is 2.37. The predicted octanol–water partition coefficient (Wildman–Crippen LogP) is 3.59. The largest absolute Gasteiger partial charge is 0.478 e. The van der Waals surface area contributed by atoms with Gasteiger partial charge in [0.15, 0.2) is 0 Å². The Morgan fingerprint density at radius 2 is 1.78 bits per heavy atom. The summed E-state index contributed by atoms with van der Waals surface area (Å²) in [5.41, 5.74) is 1.68. The van der Waals surface area contributed by atoms with E-state index in [2.05, 4.69) is 0 Å². The molecule has 2 aromatic rings. The molecule has 0 radical (unpaired) electrons. The molecule has 1 N–H and O–H groups in total. The molecule has 0 heterocycles. The summed E-state index contributed by atoms with van der Waals surface area (Å²) in [4.78, 5) is 10.5. The summed E-state index contributed by atoms with van der Waals surface area (Å²) in [6.45, 7) is 0. The maximum atomic E-state index is 13.9. The summed E-state index contributed by atoms with van der Waals surface area (Å²) < 4.78 is 13.9. The van der Waals surface area contributed by atoms with Gasteiger partial charge in [-0.15, -0.1) is 0 Å². The van der Waals surface area contributed by atoms with Crippen molar-refractivity contribution in [1.29, 1.82) is 0 Å². The highest BCUT2D eigenvalue weighted by molar-refractivity contribution is 5.87. The number of aliphatic carboxylic acids is 1. The molecule has 90 valence electrons. The van der Waals surface area contributed by atoms with Crippen molar-refractivity contribution >= 4 is 12.0 Å². The summed E-state index contributed by atoms with van der Waals surface area (Å²) in [5, 5.41) is 8.63. The maximum absolute atomic E-state index is 13.9. The lowest BCUT2D eigenvalue weighted by Gasteiger charge is -2.07. The maximum Gasteiger partial charge on any atom is 0.328 e. The fourth-order valence-corrected chi connectivity index (χ4v) is 1.75. The molecule has 2 aromatic carbocycles. The lowest BCUT2D eigenvalue weighted by atomic mass is 9.99. The number of carboxylic acids is 1. The van der Waals surface area contributed by atoms with Crippen LogP contribution in [-0.4, -0.2) is 11.1 Å². The van der Waals surface area contributed by atoms with E-state index in [1.807, 2.05) is 18.2 Å². The van der Waals surface area contributed by atoms with Gasteiger partial charge in [0.05, 0.1) is 0 Å². The number of carboxylic acid groups (broad SMARTS) is 1. The second-order valence-electron chi connectivity index (χ2n) is 3.74. The van der Waals surface area contributed by atoms with Crippen molar-refractivity contribution in [3.05, 3.63) is 66.0 Å². The topological polar surface area (TPSA) is 37.3 Å². The van der Waals surface area contributed by atoms with Crippen molar-refractivity contribution in [2.24, 2.45) is 0 Å². The minimum Gasteiger partial charge on any atom is -0.478 e. The van der Waals surface area contributed by atoms with E-state index >= 15 is 0 Å².